The van der Waals surface area contributed by atoms with Crippen molar-refractivity contribution in [3.63, 3.8) is 0 Å². The van der Waals surface area contributed by atoms with Crippen molar-refractivity contribution < 1.29 is 14.6 Å². The molecule has 1 unspecified atom stereocenters. The topological polar surface area (TPSA) is 122 Å². The lowest BCUT2D eigenvalue weighted by Gasteiger charge is -2.34. The average Bonchev–Trinajstić information content (AvgIpc) is 3.48. The molecular weight excluding hydrogens is 518 g/mol. The molecule has 0 aliphatic carbocycles. The van der Waals surface area contributed by atoms with E-state index in [9.17, 15) is 15.2 Å². The zero-order valence-electron chi connectivity index (χ0n) is 24.2. The fraction of sp³-hybridized carbons (Fsp3) is 0.387. The van der Waals surface area contributed by atoms with Crippen molar-refractivity contribution >= 4 is 5.91 Å². The van der Waals surface area contributed by atoms with Crippen LogP contribution >= 0.6 is 0 Å². The molecule has 0 radical (unpaired) electrons. The van der Waals surface area contributed by atoms with Crippen LogP contribution in [-0.2, 0) is 19.5 Å². The predicted octanol–water partition coefficient (Wildman–Crippen LogP) is 4.14. The van der Waals surface area contributed by atoms with Gasteiger partial charge in [0.05, 0.1) is 42.9 Å². The quantitative estimate of drug-likeness (QED) is 0.331. The number of fused-ring (bicyclic) bond motifs is 1. The summed E-state index contributed by atoms with van der Waals surface area (Å²) in [5.74, 6) is 1.32. The lowest BCUT2D eigenvalue weighted by molar-refractivity contribution is 0.0669. The summed E-state index contributed by atoms with van der Waals surface area (Å²) in [6.45, 7) is 11.7. The predicted molar refractivity (Wildman–Crippen MR) is 154 cm³/mol. The van der Waals surface area contributed by atoms with E-state index in [0.717, 1.165) is 39.5 Å². The van der Waals surface area contributed by atoms with Crippen LogP contribution in [0.25, 0.3) is 11.1 Å². The van der Waals surface area contributed by atoms with E-state index < -0.39 is 0 Å². The minimum Gasteiger partial charge on any atom is -0.492 e. The van der Waals surface area contributed by atoms with Crippen LogP contribution in [0.2, 0.25) is 0 Å². The van der Waals surface area contributed by atoms with Gasteiger partial charge in [-0.05, 0) is 69.9 Å². The van der Waals surface area contributed by atoms with Gasteiger partial charge in [0.15, 0.2) is 0 Å². The van der Waals surface area contributed by atoms with Crippen LogP contribution < -0.4 is 4.74 Å². The molecular formula is C31H35N7O3. The summed E-state index contributed by atoms with van der Waals surface area (Å²) in [5, 5.41) is 23.5. The second-order valence-electron chi connectivity index (χ2n) is 10.4. The number of ether oxygens (including phenoxy) is 1. The Hall–Kier alpha value is -4.49. The van der Waals surface area contributed by atoms with Crippen LogP contribution in [0, 0.1) is 32.1 Å². The molecule has 1 atom stereocenters. The van der Waals surface area contributed by atoms with Gasteiger partial charge in [-0.15, -0.1) is 0 Å². The number of aliphatic hydroxyl groups is 1. The molecule has 1 N–H and O–H groups in total. The van der Waals surface area contributed by atoms with Gasteiger partial charge in [0.25, 0.3) is 5.91 Å². The number of nitrogens with zero attached hydrogens (tertiary/aromatic N) is 7. The van der Waals surface area contributed by atoms with Gasteiger partial charge in [0, 0.05) is 48.9 Å². The van der Waals surface area contributed by atoms with Gasteiger partial charge in [-0.25, -0.2) is 4.98 Å². The highest BCUT2D eigenvalue weighted by Crippen LogP contribution is 2.36. The Bertz CT molecular complexity index is 1650. The molecule has 1 aromatic carbocycles. The molecule has 0 saturated heterocycles. The normalized spacial score (nSPS) is 13.7. The molecule has 0 spiro atoms. The molecule has 5 rings (SSSR count). The summed E-state index contributed by atoms with van der Waals surface area (Å²) in [7, 11) is 0. The largest absolute Gasteiger partial charge is 0.492 e. The standard InChI is InChI=1S/C31H35N7O3/c1-6-41-30-13-29(33-15-24(30)14-32)21(4)38-8-7-25-26(28-18-37(9-10-39)35-20(28)3)11-23(12-27(25)31(38)40)17-36-16-19(2)34-22(36)5/h11-13,15-16,18,21,39H,6-10,17H2,1-5H3. The van der Waals surface area contributed by atoms with Crippen LogP contribution in [0.3, 0.4) is 0 Å². The van der Waals surface area contributed by atoms with Gasteiger partial charge in [-0.3, -0.25) is 14.5 Å². The Labute approximate surface area is 239 Å². The monoisotopic (exact) mass is 553 g/mol. The molecule has 10 nitrogen and oxygen atoms in total. The number of aliphatic hydroxyl groups excluding tert-OH is 1. The Morgan fingerprint density at radius 2 is 1.93 bits per heavy atom. The van der Waals surface area contributed by atoms with Crippen LogP contribution in [0.5, 0.6) is 5.75 Å². The third-order valence-electron chi connectivity index (χ3n) is 7.62. The number of nitriles is 1. The van der Waals surface area contributed by atoms with Gasteiger partial charge in [0.1, 0.15) is 23.2 Å². The van der Waals surface area contributed by atoms with E-state index in [2.05, 4.69) is 31.8 Å². The van der Waals surface area contributed by atoms with E-state index in [1.807, 2.05) is 58.0 Å². The number of benzene rings is 1. The molecule has 3 aromatic heterocycles. The van der Waals surface area contributed by atoms with Gasteiger partial charge >= 0.3 is 0 Å². The highest BCUT2D eigenvalue weighted by atomic mass is 16.5. The third-order valence-corrected chi connectivity index (χ3v) is 7.62. The molecule has 212 valence electrons. The first-order valence-corrected chi connectivity index (χ1v) is 13.9. The Morgan fingerprint density at radius 3 is 2.61 bits per heavy atom. The number of carbonyl (C=O) groups is 1. The van der Waals surface area contributed by atoms with Crippen molar-refractivity contribution in [3.05, 3.63) is 81.9 Å². The van der Waals surface area contributed by atoms with Crippen LogP contribution in [0.15, 0.2) is 36.8 Å². The number of aromatic nitrogens is 5. The van der Waals surface area contributed by atoms with Crippen molar-refractivity contribution in [2.45, 2.75) is 60.2 Å². The molecule has 1 amide bonds. The van der Waals surface area contributed by atoms with Gasteiger partial charge < -0.3 is 19.3 Å². The van der Waals surface area contributed by atoms with E-state index >= 15 is 0 Å². The molecule has 41 heavy (non-hydrogen) atoms. The number of imidazole rings is 1. The fourth-order valence-corrected chi connectivity index (χ4v) is 5.60. The number of hydrogen-bond acceptors (Lipinski definition) is 7. The zero-order valence-corrected chi connectivity index (χ0v) is 24.2. The summed E-state index contributed by atoms with van der Waals surface area (Å²) in [6, 6.07) is 7.72. The highest BCUT2D eigenvalue weighted by Gasteiger charge is 2.32. The van der Waals surface area contributed by atoms with Crippen molar-refractivity contribution in [1.29, 1.82) is 5.26 Å². The molecule has 4 heterocycles. The first-order valence-electron chi connectivity index (χ1n) is 13.9. The van der Waals surface area contributed by atoms with Gasteiger partial charge in [0.2, 0.25) is 0 Å². The summed E-state index contributed by atoms with van der Waals surface area (Å²) in [4.78, 5) is 25.0. The molecule has 1 aliphatic rings. The molecule has 0 bridgehead atoms. The average molecular weight is 554 g/mol. The second kappa shape index (κ2) is 11.6. The Morgan fingerprint density at radius 1 is 1.15 bits per heavy atom. The Kier molecular flexibility index (Phi) is 7.90. The molecule has 0 fully saturated rings. The van der Waals surface area contributed by atoms with Crippen molar-refractivity contribution in [2.24, 2.45) is 0 Å². The van der Waals surface area contributed by atoms with E-state index in [4.69, 9.17) is 4.74 Å². The lowest BCUT2D eigenvalue weighted by Crippen LogP contribution is -2.40. The van der Waals surface area contributed by atoms with Gasteiger partial charge in [-0.2, -0.15) is 10.4 Å². The number of carbonyl (C=O) groups excluding carboxylic acids is 1. The number of aryl methyl sites for hydroxylation is 3. The van der Waals surface area contributed by atoms with Crippen molar-refractivity contribution in [1.82, 2.24) is 29.2 Å². The van der Waals surface area contributed by atoms with Crippen LogP contribution in [0.1, 0.15) is 69.8 Å². The minimum atomic E-state index is -0.317. The summed E-state index contributed by atoms with van der Waals surface area (Å²) in [6.07, 6.45) is 6.15. The zero-order chi connectivity index (χ0) is 29.3. The number of pyridine rings is 1. The SMILES string of the molecule is CCOc1cc(C(C)N2CCc3c(cc(Cn4cc(C)nc4C)cc3-c3cn(CCO)nc3C)C2=O)ncc1C#N. The smallest absolute Gasteiger partial charge is 0.254 e. The number of rotatable bonds is 9. The van der Waals surface area contributed by atoms with E-state index in [0.29, 0.717) is 55.2 Å². The van der Waals surface area contributed by atoms with Crippen LogP contribution in [0.4, 0.5) is 0 Å². The maximum atomic E-state index is 14.2. The van der Waals surface area contributed by atoms with E-state index in [1.54, 1.807) is 10.7 Å². The Balaban J connectivity index is 1.57. The molecule has 1 aliphatic heterocycles. The number of amides is 1. The van der Waals surface area contributed by atoms with Crippen molar-refractivity contribution in [3.8, 4) is 22.9 Å². The summed E-state index contributed by atoms with van der Waals surface area (Å²) >= 11 is 0. The summed E-state index contributed by atoms with van der Waals surface area (Å²) < 4.78 is 9.51. The van der Waals surface area contributed by atoms with Gasteiger partial charge in [-0.1, -0.05) is 0 Å². The first-order chi connectivity index (χ1) is 19.7. The van der Waals surface area contributed by atoms with E-state index in [1.165, 1.54) is 6.20 Å². The van der Waals surface area contributed by atoms with Crippen molar-refractivity contribution in [2.75, 3.05) is 19.8 Å². The van der Waals surface area contributed by atoms with Crippen LogP contribution in [-0.4, -0.2) is 60.0 Å². The maximum Gasteiger partial charge on any atom is 0.254 e. The number of hydrogen-bond donors (Lipinski definition) is 1. The highest BCUT2D eigenvalue weighted by molar-refractivity contribution is 5.99. The van der Waals surface area contributed by atoms with E-state index in [-0.39, 0.29) is 18.6 Å². The first kappa shape index (κ1) is 28.1. The molecule has 0 saturated carbocycles. The molecule has 4 aromatic rings. The summed E-state index contributed by atoms with van der Waals surface area (Å²) in [5.41, 5.74) is 7.43. The maximum absolute atomic E-state index is 14.2. The molecule has 10 heteroatoms. The fourth-order valence-electron chi connectivity index (χ4n) is 5.60. The third kappa shape index (κ3) is 5.45. The minimum absolute atomic E-state index is 0.00229. The second-order valence-corrected chi connectivity index (χ2v) is 10.4. The lowest BCUT2D eigenvalue weighted by atomic mass is 9.87.